The largest absolute Gasteiger partial charge is 0.463 e. The first-order valence-corrected chi connectivity index (χ1v) is 8.59. The molecule has 0 unspecified atom stereocenters. The van der Waals surface area contributed by atoms with Crippen molar-refractivity contribution in [1.29, 1.82) is 0 Å². The number of nitrogens with zero attached hydrogens (tertiary/aromatic N) is 6. The minimum atomic E-state index is -4.71. The number of rotatable bonds is 3. The van der Waals surface area contributed by atoms with Crippen LogP contribution in [0.25, 0.3) is 28.1 Å². The van der Waals surface area contributed by atoms with Crippen molar-refractivity contribution in [2.75, 3.05) is 7.11 Å². The predicted molar refractivity (Wildman–Crippen MR) is 98.8 cm³/mol. The van der Waals surface area contributed by atoms with Gasteiger partial charge in [0.25, 0.3) is 0 Å². The number of alkyl halides is 3. The van der Waals surface area contributed by atoms with Crippen molar-refractivity contribution in [2.24, 2.45) is 0 Å². The van der Waals surface area contributed by atoms with E-state index in [4.69, 9.17) is 0 Å². The fourth-order valence-electron chi connectivity index (χ4n) is 2.77. The number of aromatic nitrogens is 6. The Balaban J connectivity index is 1.97. The molecule has 0 spiro atoms. The fraction of sp³-hybridized carbons (Fsp3) is 0.158. The molecule has 0 aliphatic carbocycles. The Bertz CT molecular complexity index is 1250. The van der Waals surface area contributed by atoms with E-state index in [1.165, 1.54) is 24.1 Å². The molecule has 4 rings (SSSR count). The summed E-state index contributed by atoms with van der Waals surface area (Å²) in [5.74, 6) is -2.25. The van der Waals surface area contributed by atoms with Crippen molar-refractivity contribution in [3.8, 4) is 17.1 Å². The van der Waals surface area contributed by atoms with Crippen LogP contribution in [0, 0.1) is 6.92 Å². The van der Waals surface area contributed by atoms with Crippen LogP contribution in [-0.2, 0) is 10.9 Å². The maximum atomic E-state index is 13.1. The van der Waals surface area contributed by atoms with E-state index in [9.17, 15) is 18.0 Å². The molecule has 3 aromatic heterocycles. The number of fused-ring (bicyclic) bond motifs is 1. The third-order valence-corrected chi connectivity index (χ3v) is 4.22. The highest BCUT2D eigenvalue weighted by molar-refractivity contribution is 5.93. The zero-order valence-electron chi connectivity index (χ0n) is 15.7. The van der Waals surface area contributed by atoms with Gasteiger partial charge < -0.3 is 4.74 Å². The van der Waals surface area contributed by atoms with Gasteiger partial charge in [-0.3, -0.25) is 0 Å². The summed E-state index contributed by atoms with van der Waals surface area (Å²) in [4.78, 5) is 26.9. The molecule has 1 aromatic carbocycles. The minimum absolute atomic E-state index is 0.0531. The van der Waals surface area contributed by atoms with Gasteiger partial charge in [0.15, 0.2) is 5.65 Å². The Morgan fingerprint density at radius 1 is 1.07 bits per heavy atom. The molecule has 0 fully saturated rings. The lowest BCUT2D eigenvalue weighted by atomic mass is 10.2. The van der Waals surface area contributed by atoms with Crippen LogP contribution in [0.1, 0.15) is 22.0 Å². The van der Waals surface area contributed by atoms with Crippen LogP contribution in [0.3, 0.4) is 0 Å². The maximum absolute atomic E-state index is 13.1. The Morgan fingerprint density at radius 3 is 2.47 bits per heavy atom. The molecule has 11 heteroatoms. The molecule has 0 saturated heterocycles. The normalized spacial score (nSPS) is 11.6. The van der Waals surface area contributed by atoms with Crippen molar-refractivity contribution in [3.63, 3.8) is 0 Å². The molecule has 0 N–H and O–H groups in total. The average molecular weight is 414 g/mol. The fourth-order valence-corrected chi connectivity index (χ4v) is 2.77. The summed E-state index contributed by atoms with van der Waals surface area (Å²) in [6.07, 6.45) is -2.40. The molecule has 0 aliphatic heterocycles. The molecule has 0 radical (unpaired) electrons. The second-order valence-electron chi connectivity index (χ2n) is 6.28. The second kappa shape index (κ2) is 7.17. The lowest BCUT2D eigenvalue weighted by molar-refractivity contribution is -0.144. The van der Waals surface area contributed by atoms with Crippen LogP contribution in [0.5, 0.6) is 0 Å². The van der Waals surface area contributed by atoms with E-state index >= 15 is 0 Å². The highest BCUT2D eigenvalue weighted by Gasteiger charge is 2.35. The number of halogens is 3. The first-order valence-electron chi connectivity index (χ1n) is 8.59. The van der Waals surface area contributed by atoms with E-state index in [-0.39, 0.29) is 22.9 Å². The molecular formula is C19H13F3N6O2. The first-order chi connectivity index (χ1) is 14.3. The van der Waals surface area contributed by atoms with Crippen molar-refractivity contribution < 1.29 is 22.7 Å². The van der Waals surface area contributed by atoms with Gasteiger partial charge in [-0.25, -0.2) is 29.4 Å². The van der Waals surface area contributed by atoms with Crippen LogP contribution in [0.4, 0.5) is 13.2 Å². The Morgan fingerprint density at radius 2 is 1.80 bits per heavy atom. The molecule has 152 valence electrons. The van der Waals surface area contributed by atoms with E-state index in [2.05, 4.69) is 29.8 Å². The van der Waals surface area contributed by atoms with Crippen molar-refractivity contribution in [2.45, 2.75) is 13.1 Å². The summed E-state index contributed by atoms with van der Waals surface area (Å²) in [5, 5.41) is 4.73. The van der Waals surface area contributed by atoms with E-state index in [1.54, 1.807) is 12.1 Å². The zero-order chi connectivity index (χ0) is 21.5. The second-order valence-corrected chi connectivity index (χ2v) is 6.28. The summed E-state index contributed by atoms with van der Waals surface area (Å²) >= 11 is 0. The zero-order valence-corrected chi connectivity index (χ0v) is 15.7. The molecule has 4 aromatic rings. The number of ether oxygens (including phenoxy) is 1. The van der Waals surface area contributed by atoms with E-state index in [0.717, 1.165) is 11.8 Å². The summed E-state index contributed by atoms with van der Waals surface area (Å²) < 4.78 is 45.2. The highest BCUT2D eigenvalue weighted by Crippen LogP contribution is 2.31. The summed E-state index contributed by atoms with van der Waals surface area (Å²) in [5.41, 5.74) is 1.89. The van der Waals surface area contributed by atoms with Crippen LogP contribution in [0.15, 0.2) is 42.7 Å². The molecule has 0 amide bonds. The van der Waals surface area contributed by atoms with Crippen molar-refractivity contribution >= 4 is 17.0 Å². The smallest absolute Gasteiger partial charge is 0.451 e. The van der Waals surface area contributed by atoms with Gasteiger partial charge in [0.2, 0.25) is 11.6 Å². The molecule has 8 nitrogen and oxygen atoms in total. The van der Waals surface area contributed by atoms with Crippen LogP contribution in [-0.4, -0.2) is 42.8 Å². The average Bonchev–Trinajstić information content (AvgIpc) is 3.12. The summed E-state index contributed by atoms with van der Waals surface area (Å²) in [7, 11) is 1.19. The molecule has 0 saturated carbocycles. The Kier molecular flexibility index (Phi) is 4.65. The lowest BCUT2D eigenvalue weighted by Gasteiger charge is -2.05. The number of carbonyl (C=O) groups is 1. The highest BCUT2D eigenvalue weighted by atomic mass is 19.4. The third-order valence-electron chi connectivity index (χ3n) is 4.22. The Hall–Kier alpha value is -3.89. The number of carbonyl (C=O) groups excluding carboxylic acids is 1. The van der Waals surface area contributed by atoms with Crippen molar-refractivity contribution in [3.05, 3.63) is 59.9 Å². The SMILES string of the molecule is COC(=O)c1ncc2c(-c3ccnc(C(F)(F)F)n3)nn(-c3ccc(C)cc3)c2n1. The first kappa shape index (κ1) is 19.4. The topological polar surface area (TPSA) is 95.7 Å². The summed E-state index contributed by atoms with van der Waals surface area (Å²) in [6.45, 7) is 1.91. The Labute approximate surface area is 167 Å². The number of hydrogen-bond donors (Lipinski definition) is 0. The molecule has 0 aliphatic rings. The van der Waals surface area contributed by atoms with Crippen LogP contribution >= 0.6 is 0 Å². The maximum Gasteiger partial charge on any atom is 0.451 e. The van der Waals surface area contributed by atoms with Crippen LogP contribution < -0.4 is 0 Å². The number of methoxy groups -OCH3 is 1. The molecular weight excluding hydrogens is 401 g/mol. The van der Waals surface area contributed by atoms with Crippen LogP contribution in [0.2, 0.25) is 0 Å². The van der Waals surface area contributed by atoms with Crippen molar-refractivity contribution in [1.82, 2.24) is 29.7 Å². The molecule has 3 heterocycles. The van der Waals surface area contributed by atoms with Gasteiger partial charge >= 0.3 is 12.1 Å². The third kappa shape index (κ3) is 3.45. The molecule has 30 heavy (non-hydrogen) atoms. The van der Waals surface area contributed by atoms with E-state index < -0.39 is 18.0 Å². The number of benzene rings is 1. The minimum Gasteiger partial charge on any atom is -0.463 e. The molecule has 0 atom stereocenters. The number of esters is 1. The quantitative estimate of drug-likeness (QED) is 0.474. The van der Waals surface area contributed by atoms with Gasteiger partial charge in [0.05, 0.1) is 23.9 Å². The summed E-state index contributed by atoms with van der Waals surface area (Å²) in [6, 6.07) is 8.54. The van der Waals surface area contributed by atoms with Gasteiger partial charge in [-0.05, 0) is 25.1 Å². The van der Waals surface area contributed by atoms with Gasteiger partial charge in [0, 0.05) is 12.4 Å². The lowest BCUT2D eigenvalue weighted by Crippen LogP contribution is -2.11. The van der Waals surface area contributed by atoms with Gasteiger partial charge in [-0.2, -0.15) is 18.3 Å². The molecule has 0 bridgehead atoms. The standard InChI is InChI=1S/C19H13F3N6O2/c1-10-3-5-11(6-4-10)28-16-12(9-24-15(26-16)17(29)30-2)14(27-28)13-7-8-23-18(25-13)19(20,21)22/h3-9H,1-2H3. The van der Waals surface area contributed by atoms with Gasteiger partial charge in [-0.15, -0.1) is 0 Å². The number of hydrogen-bond acceptors (Lipinski definition) is 7. The van der Waals surface area contributed by atoms with Gasteiger partial charge in [0.1, 0.15) is 5.69 Å². The van der Waals surface area contributed by atoms with E-state index in [0.29, 0.717) is 11.1 Å². The monoisotopic (exact) mass is 414 g/mol. The van der Waals surface area contributed by atoms with E-state index in [1.807, 2.05) is 19.1 Å². The number of aryl methyl sites for hydroxylation is 1. The van der Waals surface area contributed by atoms with Gasteiger partial charge in [-0.1, -0.05) is 17.7 Å². The predicted octanol–water partition coefficient (Wildman–Crippen LogP) is 3.39.